The maximum absolute atomic E-state index is 15.4. The van der Waals surface area contributed by atoms with Crippen molar-refractivity contribution >= 4 is 6.08 Å². The van der Waals surface area contributed by atoms with Crippen LogP contribution in [-0.4, -0.2) is 47.1 Å². The van der Waals surface area contributed by atoms with Gasteiger partial charge in [0.2, 0.25) is 0 Å². The molecule has 2 saturated heterocycles. The molecule has 7 nitrogen and oxygen atoms in total. The van der Waals surface area contributed by atoms with Gasteiger partial charge in [0.25, 0.3) is 0 Å². The molecule has 8 heteroatoms. The first-order chi connectivity index (χ1) is 15.2. The number of hydrogen-bond acceptors (Lipinski definition) is 6. The first-order valence-corrected chi connectivity index (χ1v) is 10.9. The topological polar surface area (TPSA) is 88.8 Å². The molecule has 0 saturated carbocycles. The number of fused-ring (bicyclic) bond motifs is 2. The summed E-state index contributed by atoms with van der Waals surface area (Å²) in [5, 5.41) is 22.5. The molecule has 4 heterocycles. The number of halogens is 1. The smallest absolute Gasteiger partial charge is 0.174 e. The Balaban J connectivity index is 1.40. The zero-order chi connectivity index (χ0) is 22.5. The number of hydrogen-bond donors (Lipinski definition) is 2. The van der Waals surface area contributed by atoms with Crippen LogP contribution in [0, 0.1) is 5.92 Å². The van der Waals surface area contributed by atoms with Crippen molar-refractivity contribution in [1.29, 1.82) is 0 Å². The summed E-state index contributed by atoms with van der Waals surface area (Å²) in [5.74, 6) is 0.931. The summed E-state index contributed by atoms with van der Waals surface area (Å²) in [6, 6.07) is 5.26. The first-order valence-electron chi connectivity index (χ1n) is 10.9. The number of piperidine rings is 2. The molecule has 3 aromatic rings. The van der Waals surface area contributed by atoms with Crippen molar-refractivity contribution in [2.75, 3.05) is 0 Å². The lowest BCUT2D eigenvalue weighted by Gasteiger charge is -2.55. The van der Waals surface area contributed by atoms with E-state index in [0.29, 0.717) is 35.0 Å². The summed E-state index contributed by atoms with van der Waals surface area (Å²) in [4.78, 5) is 8.40. The van der Waals surface area contributed by atoms with Crippen molar-refractivity contribution in [2.24, 2.45) is 5.92 Å². The number of nitrogens with one attached hydrogen (secondary N) is 1. The largest absolute Gasteiger partial charge is 0.507 e. The fourth-order valence-corrected chi connectivity index (χ4v) is 5.66. The minimum absolute atomic E-state index is 0.0726. The Morgan fingerprint density at radius 1 is 1.25 bits per heavy atom. The second-order valence-electron chi connectivity index (χ2n) is 9.75. The minimum Gasteiger partial charge on any atom is -0.507 e. The molecule has 2 fully saturated rings. The molecule has 0 aliphatic carbocycles. The SMILES string of the molecule is C[C@@H]1C[C@@]2(C)C/C(=C/c3ncc(-c4ccc(-n5ccnc5)cc4O)nn3)[C@@H](F)[C@@](C)(C1)N2. The van der Waals surface area contributed by atoms with Crippen LogP contribution in [0.3, 0.4) is 0 Å². The molecule has 2 N–H and O–H groups in total. The molecule has 32 heavy (non-hydrogen) atoms. The van der Waals surface area contributed by atoms with E-state index in [4.69, 9.17) is 0 Å². The molecule has 166 valence electrons. The summed E-state index contributed by atoms with van der Waals surface area (Å²) >= 11 is 0. The molecule has 1 aromatic carbocycles. The molecule has 2 aliphatic rings. The van der Waals surface area contributed by atoms with Crippen LogP contribution in [0.15, 0.2) is 48.7 Å². The molecule has 0 radical (unpaired) electrons. The quantitative estimate of drug-likeness (QED) is 0.645. The van der Waals surface area contributed by atoms with Gasteiger partial charge in [-0.15, -0.1) is 10.2 Å². The van der Waals surface area contributed by atoms with Crippen LogP contribution in [0.2, 0.25) is 0 Å². The molecule has 0 unspecified atom stereocenters. The number of phenols is 1. The molecule has 0 amide bonds. The normalized spacial score (nSPS) is 31.1. The Labute approximate surface area is 186 Å². The van der Waals surface area contributed by atoms with Gasteiger partial charge in [0.1, 0.15) is 17.6 Å². The van der Waals surface area contributed by atoms with E-state index in [0.717, 1.165) is 18.5 Å². The number of benzene rings is 1. The summed E-state index contributed by atoms with van der Waals surface area (Å²) in [5.41, 5.74) is 1.77. The van der Waals surface area contributed by atoms with E-state index < -0.39 is 11.7 Å². The van der Waals surface area contributed by atoms with Gasteiger partial charge in [-0.3, -0.25) is 0 Å². The number of aromatic hydroxyl groups is 1. The zero-order valence-corrected chi connectivity index (χ0v) is 18.5. The van der Waals surface area contributed by atoms with Crippen LogP contribution in [0.5, 0.6) is 5.75 Å². The van der Waals surface area contributed by atoms with Gasteiger partial charge in [0.05, 0.1) is 23.8 Å². The van der Waals surface area contributed by atoms with E-state index in [9.17, 15) is 5.11 Å². The molecule has 5 rings (SSSR count). The van der Waals surface area contributed by atoms with E-state index >= 15 is 4.39 Å². The third kappa shape index (κ3) is 3.68. The van der Waals surface area contributed by atoms with E-state index in [2.05, 4.69) is 39.3 Å². The lowest BCUT2D eigenvalue weighted by molar-refractivity contribution is 0.0299. The fourth-order valence-electron chi connectivity index (χ4n) is 5.66. The number of nitrogens with zero attached hydrogens (tertiary/aromatic N) is 5. The summed E-state index contributed by atoms with van der Waals surface area (Å²) in [6.45, 7) is 6.33. The molecule has 2 aliphatic heterocycles. The van der Waals surface area contributed by atoms with E-state index in [1.54, 1.807) is 47.7 Å². The fraction of sp³-hybridized carbons (Fsp3) is 0.417. The lowest BCUT2D eigenvalue weighted by atomic mass is 9.65. The van der Waals surface area contributed by atoms with Crippen molar-refractivity contribution in [3.63, 3.8) is 0 Å². The molecular formula is C24H27FN6O. The summed E-state index contributed by atoms with van der Waals surface area (Å²) in [6.07, 6.45) is 9.76. The Kier molecular flexibility index (Phi) is 4.85. The van der Waals surface area contributed by atoms with Gasteiger partial charge < -0.3 is 15.0 Å². The van der Waals surface area contributed by atoms with Gasteiger partial charge in [-0.2, -0.15) is 0 Å². The summed E-state index contributed by atoms with van der Waals surface area (Å²) < 4.78 is 17.2. The van der Waals surface area contributed by atoms with Crippen molar-refractivity contribution in [3.05, 3.63) is 54.5 Å². The highest BCUT2D eigenvalue weighted by Gasteiger charge is 2.52. The number of rotatable bonds is 3. The van der Waals surface area contributed by atoms with E-state index in [1.807, 2.05) is 13.0 Å². The van der Waals surface area contributed by atoms with Crippen molar-refractivity contribution in [3.8, 4) is 22.7 Å². The second-order valence-corrected chi connectivity index (χ2v) is 9.75. The predicted molar refractivity (Wildman–Crippen MR) is 120 cm³/mol. The van der Waals surface area contributed by atoms with Crippen molar-refractivity contribution in [1.82, 2.24) is 30.0 Å². The van der Waals surface area contributed by atoms with Crippen molar-refractivity contribution < 1.29 is 9.50 Å². The highest BCUT2D eigenvalue weighted by atomic mass is 19.1. The van der Waals surface area contributed by atoms with Gasteiger partial charge in [0, 0.05) is 29.6 Å². The van der Waals surface area contributed by atoms with Gasteiger partial charge in [-0.1, -0.05) is 6.92 Å². The Hall–Kier alpha value is -3.13. The van der Waals surface area contributed by atoms with Gasteiger partial charge >= 0.3 is 0 Å². The van der Waals surface area contributed by atoms with E-state index in [-0.39, 0.29) is 11.3 Å². The third-order valence-electron chi connectivity index (χ3n) is 6.59. The number of alkyl halides is 1. The third-order valence-corrected chi connectivity index (χ3v) is 6.59. The van der Waals surface area contributed by atoms with Crippen LogP contribution < -0.4 is 5.32 Å². The second kappa shape index (κ2) is 7.48. The Bertz CT molecular complexity index is 1160. The average Bonchev–Trinajstić information content (AvgIpc) is 3.26. The van der Waals surface area contributed by atoms with Crippen molar-refractivity contribution in [2.45, 2.75) is 57.3 Å². The minimum atomic E-state index is -1.10. The standard InChI is InChI=1S/C24H27FN6O/c1-15-10-23(2)12-16(22(25)24(3,11-15)30-23)8-21-27-13-19(28-29-21)18-5-4-17(9-20(18)32)31-7-6-26-14-31/h4-9,13-15,22,30,32H,10-12H2,1-3H3/b16-8-/t15-,22-,23+,24-/m1/s1. The molecule has 4 atom stereocenters. The average molecular weight is 435 g/mol. The molecule has 2 bridgehead atoms. The first kappa shape index (κ1) is 20.8. The van der Waals surface area contributed by atoms with Crippen LogP contribution in [0.4, 0.5) is 4.39 Å². The maximum Gasteiger partial charge on any atom is 0.174 e. The maximum atomic E-state index is 15.4. The van der Waals surface area contributed by atoms with Crippen LogP contribution >= 0.6 is 0 Å². The predicted octanol–water partition coefficient (Wildman–Crippen LogP) is 4.09. The highest BCUT2D eigenvalue weighted by molar-refractivity contribution is 5.68. The number of phenolic OH excluding ortho intramolecular Hbond substituents is 1. The Morgan fingerprint density at radius 3 is 2.78 bits per heavy atom. The van der Waals surface area contributed by atoms with Gasteiger partial charge in [0.15, 0.2) is 5.82 Å². The molecule has 0 spiro atoms. The highest BCUT2D eigenvalue weighted by Crippen LogP contribution is 2.46. The molecular weight excluding hydrogens is 407 g/mol. The Morgan fingerprint density at radius 2 is 2.09 bits per heavy atom. The van der Waals surface area contributed by atoms with Crippen LogP contribution in [0.25, 0.3) is 23.0 Å². The van der Waals surface area contributed by atoms with E-state index in [1.165, 1.54) is 0 Å². The molecule has 2 aromatic heterocycles. The summed E-state index contributed by atoms with van der Waals surface area (Å²) in [7, 11) is 0. The van der Waals surface area contributed by atoms with Gasteiger partial charge in [-0.25, -0.2) is 14.4 Å². The van der Waals surface area contributed by atoms with Crippen LogP contribution in [0.1, 0.15) is 45.9 Å². The van der Waals surface area contributed by atoms with Gasteiger partial charge in [-0.05, 0) is 62.8 Å². The monoisotopic (exact) mass is 434 g/mol. The van der Waals surface area contributed by atoms with Crippen LogP contribution in [-0.2, 0) is 0 Å². The lowest BCUT2D eigenvalue weighted by Crippen LogP contribution is -2.68. The number of aromatic nitrogens is 5. The number of imidazole rings is 1. The zero-order valence-electron chi connectivity index (χ0n) is 18.5.